The minimum absolute atomic E-state index is 0. The van der Waals surface area contributed by atoms with Crippen LogP contribution >= 0.6 is 12.4 Å². The lowest BCUT2D eigenvalue weighted by Crippen LogP contribution is -2.46. The molecule has 0 radical (unpaired) electrons. The van der Waals surface area contributed by atoms with Gasteiger partial charge in [-0.2, -0.15) is 0 Å². The number of aliphatic carboxylic acids is 1. The number of carbonyl (C=O) groups is 2. The van der Waals surface area contributed by atoms with E-state index in [0.29, 0.717) is 19.0 Å². The van der Waals surface area contributed by atoms with Crippen molar-refractivity contribution >= 4 is 24.3 Å². The first-order valence-electron chi connectivity index (χ1n) is 7.62. The molecular formula is C15H27ClN2O3. The highest BCUT2D eigenvalue weighted by Gasteiger charge is 2.55. The van der Waals surface area contributed by atoms with E-state index >= 15 is 0 Å². The van der Waals surface area contributed by atoms with Crippen molar-refractivity contribution in [2.24, 2.45) is 17.3 Å². The Balaban J connectivity index is 0.00000220. The van der Waals surface area contributed by atoms with E-state index < -0.39 is 11.4 Å². The molecule has 3 atom stereocenters. The predicted molar refractivity (Wildman–Crippen MR) is 83.5 cm³/mol. The molecule has 1 heterocycles. The van der Waals surface area contributed by atoms with Gasteiger partial charge in [0.05, 0.1) is 11.5 Å². The topological polar surface area (TPSA) is 69.6 Å². The zero-order valence-electron chi connectivity index (χ0n) is 13.1. The molecule has 1 saturated carbocycles. The second-order valence-electron chi connectivity index (χ2n) is 6.79. The van der Waals surface area contributed by atoms with Crippen LogP contribution in [0.2, 0.25) is 0 Å². The summed E-state index contributed by atoms with van der Waals surface area (Å²) in [5.41, 5.74) is -0.605. The molecule has 21 heavy (non-hydrogen) atoms. The summed E-state index contributed by atoms with van der Waals surface area (Å²) in [7, 11) is 0. The molecule has 1 aliphatic heterocycles. The highest BCUT2D eigenvalue weighted by Crippen LogP contribution is 2.49. The number of likely N-dealkylation sites (tertiary alicyclic amines) is 1. The van der Waals surface area contributed by atoms with Crippen LogP contribution in [0.1, 0.15) is 40.0 Å². The van der Waals surface area contributed by atoms with Crippen LogP contribution in [0, 0.1) is 17.3 Å². The average molecular weight is 319 g/mol. The van der Waals surface area contributed by atoms with E-state index in [1.807, 2.05) is 11.8 Å². The summed E-state index contributed by atoms with van der Waals surface area (Å²) in [6.45, 7) is 7.93. The standard InChI is InChI=1S/C15H26N2O3.ClH/c1-10(2)7-16-13(18)11(3)17-8-12-5-4-6-15(12,9-17)14(19)20;/h10-12H,4-9H2,1-3H3,(H,16,18)(H,19,20);1H/t11?,12-,15+;/m0./s1. The van der Waals surface area contributed by atoms with Crippen molar-refractivity contribution < 1.29 is 14.7 Å². The second kappa shape index (κ2) is 6.97. The summed E-state index contributed by atoms with van der Waals surface area (Å²) in [4.78, 5) is 25.8. The molecule has 0 aromatic carbocycles. The zero-order valence-corrected chi connectivity index (χ0v) is 13.9. The summed E-state index contributed by atoms with van der Waals surface area (Å²) in [6.07, 6.45) is 2.73. The first kappa shape index (κ1) is 18.2. The van der Waals surface area contributed by atoms with Crippen molar-refractivity contribution in [3.05, 3.63) is 0 Å². The highest BCUT2D eigenvalue weighted by atomic mass is 35.5. The molecule has 2 aliphatic rings. The number of nitrogens with zero attached hydrogens (tertiary/aromatic N) is 1. The Morgan fingerprint density at radius 2 is 2.05 bits per heavy atom. The van der Waals surface area contributed by atoms with Crippen LogP contribution in [0.3, 0.4) is 0 Å². The van der Waals surface area contributed by atoms with Crippen LogP contribution in [-0.4, -0.2) is 47.6 Å². The van der Waals surface area contributed by atoms with Gasteiger partial charge in [0, 0.05) is 19.6 Å². The number of fused-ring (bicyclic) bond motifs is 1. The fourth-order valence-corrected chi connectivity index (χ4v) is 3.59. The molecule has 122 valence electrons. The largest absolute Gasteiger partial charge is 0.481 e. The molecule has 5 nitrogen and oxygen atoms in total. The highest BCUT2D eigenvalue weighted by molar-refractivity contribution is 5.85. The fraction of sp³-hybridized carbons (Fsp3) is 0.867. The zero-order chi connectivity index (χ0) is 14.9. The number of carbonyl (C=O) groups excluding carboxylic acids is 1. The molecule has 1 amide bonds. The molecule has 0 aromatic rings. The molecule has 2 rings (SSSR count). The first-order valence-corrected chi connectivity index (χ1v) is 7.62. The number of nitrogens with one attached hydrogen (secondary N) is 1. The van der Waals surface area contributed by atoms with Gasteiger partial charge in [0.2, 0.25) is 5.91 Å². The van der Waals surface area contributed by atoms with E-state index in [2.05, 4.69) is 19.2 Å². The van der Waals surface area contributed by atoms with Gasteiger partial charge in [0.15, 0.2) is 0 Å². The third kappa shape index (κ3) is 3.51. The predicted octanol–water partition coefficient (Wildman–Crippen LogP) is 1.76. The molecule has 0 aromatic heterocycles. The Morgan fingerprint density at radius 1 is 1.38 bits per heavy atom. The maximum absolute atomic E-state index is 12.1. The number of hydrogen-bond acceptors (Lipinski definition) is 3. The van der Waals surface area contributed by atoms with E-state index in [1.54, 1.807) is 0 Å². The van der Waals surface area contributed by atoms with E-state index in [9.17, 15) is 14.7 Å². The normalized spacial score (nSPS) is 29.8. The van der Waals surface area contributed by atoms with Gasteiger partial charge < -0.3 is 10.4 Å². The first-order chi connectivity index (χ1) is 9.36. The van der Waals surface area contributed by atoms with Gasteiger partial charge in [-0.05, 0) is 31.6 Å². The van der Waals surface area contributed by atoms with Crippen molar-refractivity contribution in [2.75, 3.05) is 19.6 Å². The molecule has 0 spiro atoms. The van der Waals surface area contributed by atoms with E-state index in [0.717, 1.165) is 25.8 Å². The number of rotatable bonds is 5. The van der Waals surface area contributed by atoms with Crippen LogP contribution in [0.15, 0.2) is 0 Å². The Morgan fingerprint density at radius 3 is 2.57 bits per heavy atom. The smallest absolute Gasteiger partial charge is 0.311 e. The quantitative estimate of drug-likeness (QED) is 0.810. The third-order valence-electron chi connectivity index (χ3n) is 4.93. The van der Waals surface area contributed by atoms with Crippen LogP contribution in [0.4, 0.5) is 0 Å². The minimum atomic E-state index is -0.683. The third-order valence-corrected chi connectivity index (χ3v) is 4.93. The van der Waals surface area contributed by atoms with Crippen molar-refractivity contribution in [1.82, 2.24) is 10.2 Å². The maximum Gasteiger partial charge on any atom is 0.311 e. The van der Waals surface area contributed by atoms with Gasteiger partial charge in [-0.3, -0.25) is 14.5 Å². The SMILES string of the molecule is CC(C)CNC(=O)C(C)N1C[C@@H]2CCC[C@@]2(C(=O)O)C1.Cl. The van der Waals surface area contributed by atoms with Crippen LogP contribution in [-0.2, 0) is 9.59 Å². The summed E-state index contributed by atoms with van der Waals surface area (Å²) in [5.74, 6) is -0.0358. The summed E-state index contributed by atoms with van der Waals surface area (Å²) in [6, 6.07) is -0.240. The summed E-state index contributed by atoms with van der Waals surface area (Å²) >= 11 is 0. The Hall–Kier alpha value is -0.810. The Kier molecular flexibility index (Phi) is 6.05. The maximum atomic E-state index is 12.1. The Bertz CT molecular complexity index is 402. The monoisotopic (exact) mass is 318 g/mol. The lowest BCUT2D eigenvalue weighted by molar-refractivity contribution is -0.149. The molecule has 1 unspecified atom stereocenters. The van der Waals surface area contributed by atoms with Crippen molar-refractivity contribution in [1.29, 1.82) is 0 Å². The lowest BCUT2D eigenvalue weighted by Gasteiger charge is -2.26. The van der Waals surface area contributed by atoms with E-state index in [4.69, 9.17) is 0 Å². The fourth-order valence-electron chi connectivity index (χ4n) is 3.59. The van der Waals surface area contributed by atoms with Gasteiger partial charge in [0.25, 0.3) is 0 Å². The number of carboxylic acid groups (broad SMARTS) is 1. The van der Waals surface area contributed by atoms with Gasteiger partial charge in [0.1, 0.15) is 0 Å². The minimum Gasteiger partial charge on any atom is -0.481 e. The lowest BCUT2D eigenvalue weighted by atomic mass is 9.81. The van der Waals surface area contributed by atoms with E-state index in [-0.39, 0.29) is 30.3 Å². The molecule has 2 fully saturated rings. The van der Waals surface area contributed by atoms with Gasteiger partial charge >= 0.3 is 5.97 Å². The number of halogens is 1. The van der Waals surface area contributed by atoms with Gasteiger partial charge in [-0.15, -0.1) is 12.4 Å². The summed E-state index contributed by atoms with van der Waals surface area (Å²) in [5, 5.41) is 12.5. The van der Waals surface area contributed by atoms with Crippen LogP contribution in [0.5, 0.6) is 0 Å². The van der Waals surface area contributed by atoms with Crippen molar-refractivity contribution in [2.45, 2.75) is 46.1 Å². The second-order valence-corrected chi connectivity index (χ2v) is 6.79. The van der Waals surface area contributed by atoms with Crippen molar-refractivity contribution in [3.63, 3.8) is 0 Å². The molecule has 6 heteroatoms. The van der Waals surface area contributed by atoms with Gasteiger partial charge in [-0.25, -0.2) is 0 Å². The molecule has 1 saturated heterocycles. The molecule has 2 N–H and O–H groups in total. The Labute approximate surface area is 132 Å². The molecular weight excluding hydrogens is 292 g/mol. The van der Waals surface area contributed by atoms with Gasteiger partial charge in [-0.1, -0.05) is 20.3 Å². The molecule has 1 aliphatic carbocycles. The van der Waals surface area contributed by atoms with E-state index in [1.165, 1.54) is 0 Å². The number of carboxylic acids is 1. The van der Waals surface area contributed by atoms with Crippen molar-refractivity contribution in [3.8, 4) is 0 Å². The van der Waals surface area contributed by atoms with Crippen LogP contribution in [0.25, 0.3) is 0 Å². The number of amides is 1. The van der Waals surface area contributed by atoms with Crippen LogP contribution < -0.4 is 5.32 Å². The molecule has 0 bridgehead atoms. The number of hydrogen-bond donors (Lipinski definition) is 2. The summed E-state index contributed by atoms with van der Waals surface area (Å²) < 4.78 is 0. The average Bonchev–Trinajstić information content (AvgIpc) is 2.92.